The molecule has 14 heteroatoms. The Bertz CT molecular complexity index is 1680. The highest BCUT2D eigenvalue weighted by molar-refractivity contribution is 7.92. The van der Waals surface area contributed by atoms with E-state index in [0.717, 1.165) is 49.1 Å². The Hall–Kier alpha value is -3.58. The average Bonchev–Trinajstić information content (AvgIpc) is 3.50. The summed E-state index contributed by atoms with van der Waals surface area (Å²) in [7, 11) is -3.62. The van der Waals surface area contributed by atoms with E-state index in [1.165, 1.54) is 12.1 Å². The van der Waals surface area contributed by atoms with Gasteiger partial charge in [0.15, 0.2) is 5.65 Å². The van der Waals surface area contributed by atoms with Gasteiger partial charge >= 0.3 is 6.09 Å². The number of hydrogen-bond donors (Lipinski definition) is 2. The van der Waals surface area contributed by atoms with Crippen molar-refractivity contribution in [3.63, 3.8) is 0 Å². The summed E-state index contributed by atoms with van der Waals surface area (Å²) in [6, 6.07) is 6.08. The number of hydrogen-bond acceptors (Lipinski definition) is 8. The van der Waals surface area contributed by atoms with Crippen LogP contribution in [0.5, 0.6) is 0 Å². The summed E-state index contributed by atoms with van der Waals surface area (Å²) >= 11 is 6.24. The number of amides is 2. The summed E-state index contributed by atoms with van der Waals surface area (Å²) in [4.78, 5) is 35.1. The normalized spacial score (nSPS) is 17.9. The van der Waals surface area contributed by atoms with Crippen molar-refractivity contribution in [1.82, 2.24) is 24.8 Å². The molecule has 1 saturated carbocycles. The first kappa shape index (κ1) is 31.8. The molecule has 44 heavy (non-hydrogen) atoms. The van der Waals surface area contributed by atoms with Gasteiger partial charge in [-0.25, -0.2) is 22.7 Å². The van der Waals surface area contributed by atoms with E-state index in [1.54, 1.807) is 15.5 Å². The molecule has 2 fully saturated rings. The first-order valence-electron chi connectivity index (χ1n) is 14.8. The first-order chi connectivity index (χ1) is 20.6. The lowest BCUT2D eigenvalue weighted by molar-refractivity contribution is 0.0508. The molecule has 2 amide bonds. The van der Waals surface area contributed by atoms with E-state index in [-0.39, 0.29) is 35.2 Å². The van der Waals surface area contributed by atoms with Gasteiger partial charge in [-0.15, -0.1) is 0 Å². The molecule has 2 atom stereocenters. The summed E-state index contributed by atoms with van der Waals surface area (Å²) in [6.07, 6.45) is 5.22. The fourth-order valence-corrected chi connectivity index (χ4v) is 6.45. The first-order valence-corrected chi connectivity index (χ1v) is 17.1. The van der Waals surface area contributed by atoms with E-state index in [4.69, 9.17) is 26.4 Å². The Morgan fingerprint density at radius 1 is 1.20 bits per heavy atom. The van der Waals surface area contributed by atoms with Gasteiger partial charge in [0.25, 0.3) is 5.91 Å². The number of rotatable bonds is 9. The topological polar surface area (TPSA) is 138 Å². The number of nitrogens with zero attached hydrogens (tertiary/aromatic N) is 5. The number of carbonyl (C=O) groups is 2. The zero-order valence-electron chi connectivity index (χ0n) is 25.9. The van der Waals surface area contributed by atoms with Crippen molar-refractivity contribution in [1.29, 1.82) is 0 Å². The Balaban J connectivity index is 1.41. The summed E-state index contributed by atoms with van der Waals surface area (Å²) in [6.45, 7) is 11.1. The maximum Gasteiger partial charge on any atom is 0.407 e. The highest BCUT2D eigenvalue weighted by Crippen LogP contribution is 2.45. The highest BCUT2D eigenvalue weighted by Gasteiger charge is 2.40. The van der Waals surface area contributed by atoms with E-state index < -0.39 is 21.7 Å². The van der Waals surface area contributed by atoms with Gasteiger partial charge in [-0.3, -0.25) is 9.52 Å². The van der Waals surface area contributed by atoms with Gasteiger partial charge in [0.2, 0.25) is 10.0 Å². The molecule has 1 aromatic carbocycles. The Morgan fingerprint density at radius 2 is 1.93 bits per heavy atom. The predicted octanol–water partition coefficient (Wildman–Crippen LogP) is 4.78. The van der Waals surface area contributed by atoms with Gasteiger partial charge in [-0.05, 0) is 78.0 Å². The van der Waals surface area contributed by atoms with Crippen molar-refractivity contribution < 1.29 is 22.7 Å². The molecule has 0 radical (unpaired) electrons. The van der Waals surface area contributed by atoms with E-state index in [9.17, 15) is 18.0 Å². The van der Waals surface area contributed by atoms with Gasteiger partial charge in [0.1, 0.15) is 11.4 Å². The number of benzene rings is 1. The second-order valence-corrected chi connectivity index (χ2v) is 14.8. The van der Waals surface area contributed by atoms with Crippen molar-refractivity contribution in [2.75, 3.05) is 35.5 Å². The quantitative estimate of drug-likeness (QED) is 0.339. The average molecular weight is 646 g/mol. The van der Waals surface area contributed by atoms with Crippen LogP contribution in [-0.4, -0.2) is 77.4 Å². The van der Waals surface area contributed by atoms with Crippen molar-refractivity contribution in [3.8, 4) is 0 Å². The van der Waals surface area contributed by atoms with E-state index in [2.05, 4.69) is 14.9 Å². The third-order valence-electron chi connectivity index (χ3n) is 7.65. The Morgan fingerprint density at radius 3 is 2.57 bits per heavy atom. The number of ether oxygens (including phenoxy) is 1. The minimum absolute atomic E-state index is 0.0558. The van der Waals surface area contributed by atoms with Crippen molar-refractivity contribution in [2.24, 2.45) is 5.92 Å². The number of halogens is 1. The maximum atomic E-state index is 14.0. The molecule has 0 spiro atoms. The zero-order valence-corrected chi connectivity index (χ0v) is 27.5. The van der Waals surface area contributed by atoms with Crippen LogP contribution in [0.3, 0.4) is 0 Å². The SMILES string of the molecule is CCN(C(=O)c1cc(Cl)ccc1NS(C)(=O)=O)[C@H](c1cc2nc(N3CC[C@H](NC(=O)OC(C)(C)C)C3)c(C)cn2n1)C1CC1. The summed E-state index contributed by atoms with van der Waals surface area (Å²) in [5, 5.41) is 8.16. The van der Waals surface area contributed by atoms with E-state index in [0.29, 0.717) is 23.8 Å². The largest absolute Gasteiger partial charge is 0.444 e. The van der Waals surface area contributed by atoms with Gasteiger partial charge < -0.3 is 19.9 Å². The second kappa shape index (κ2) is 12.1. The van der Waals surface area contributed by atoms with Gasteiger partial charge in [0, 0.05) is 42.5 Å². The fraction of sp³-hybridized carbons (Fsp3) is 0.533. The molecule has 1 saturated heterocycles. The molecule has 1 aliphatic heterocycles. The van der Waals surface area contributed by atoms with Crippen LogP contribution in [0.1, 0.15) is 74.6 Å². The Kier molecular flexibility index (Phi) is 8.74. The van der Waals surface area contributed by atoms with Crippen LogP contribution < -0.4 is 14.9 Å². The molecule has 1 aliphatic carbocycles. The number of nitrogens with one attached hydrogen (secondary N) is 2. The van der Waals surface area contributed by atoms with Crippen LogP contribution >= 0.6 is 11.6 Å². The molecule has 0 unspecified atom stereocenters. The fourth-order valence-electron chi connectivity index (χ4n) is 5.70. The molecule has 2 aliphatic rings. The number of anilines is 2. The Labute approximate surface area is 263 Å². The van der Waals surface area contributed by atoms with Crippen molar-refractivity contribution in [2.45, 2.75) is 71.6 Å². The number of aryl methyl sites for hydroxylation is 1. The van der Waals surface area contributed by atoms with E-state index >= 15 is 0 Å². The molecule has 2 aromatic heterocycles. The number of aromatic nitrogens is 3. The van der Waals surface area contributed by atoms with Crippen molar-refractivity contribution >= 4 is 50.8 Å². The summed E-state index contributed by atoms with van der Waals surface area (Å²) < 4.78 is 33.6. The molecule has 238 valence electrons. The van der Waals surface area contributed by atoms with Crippen LogP contribution in [0.15, 0.2) is 30.5 Å². The molecule has 12 nitrogen and oxygen atoms in total. The number of carbonyl (C=O) groups excluding carboxylic acids is 2. The highest BCUT2D eigenvalue weighted by atomic mass is 35.5. The van der Waals surface area contributed by atoms with Crippen LogP contribution in [0.2, 0.25) is 5.02 Å². The smallest absolute Gasteiger partial charge is 0.407 e. The van der Waals surface area contributed by atoms with Gasteiger partial charge in [0.05, 0.1) is 35.3 Å². The molecule has 0 bridgehead atoms. The van der Waals surface area contributed by atoms with Gasteiger partial charge in [-0.1, -0.05) is 11.6 Å². The van der Waals surface area contributed by atoms with Crippen LogP contribution in [0.25, 0.3) is 5.65 Å². The third kappa shape index (κ3) is 7.37. The number of sulfonamides is 1. The summed E-state index contributed by atoms with van der Waals surface area (Å²) in [5.41, 5.74) is 2.10. The van der Waals surface area contributed by atoms with Crippen LogP contribution in [-0.2, 0) is 14.8 Å². The minimum Gasteiger partial charge on any atom is -0.444 e. The molecular weight excluding hydrogens is 606 g/mol. The van der Waals surface area contributed by atoms with Crippen LogP contribution in [0, 0.1) is 12.8 Å². The van der Waals surface area contributed by atoms with Crippen LogP contribution in [0.4, 0.5) is 16.3 Å². The molecule has 2 N–H and O–H groups in total. The lowest BCUT2D eigenvalue weighted by atomic mass is 10.0. The second-order valence-electron chi connectivity index (χ2n) is 12.6. The van der Waals surface area contributed by atoms with E-state index in [1.807, 2.05) is 46.9 Å². The zero-order chi connectivity index (χ0) is 32.0. The lowest BCUT2D eigenvalue weighted by Crippen LogP contribution is -2.40. The molecule has 3 aromatic rings. The molecule has 3 heterocycles. The maximum absolute atomic E-state index is 14.0. The third-order valence-corrected chi connectivity index (χ3v) is 8.47. The standard InChI is InChI=1S/C30H40ClN7O5S/c1-7-37(28(39)22-14-20(31)10-11-23(22)35-44(6,41)42)26(19-8-9-19)24-15-25-33-27(18(2)16-38(25)34-24)36-13-12-21(17-36)32-29(40)43-30(3,4)5/h10-11,14-16,19,21,26,35H,7-9,12-13,17H2,1-6H3,(H,32,40)/t21-,26-/m0/s1. The number of alkyl carbamates (subject to hydrolysis) is 1. The summed E-state index contributed by atoms with van der Waals surface area (Å²) in [5.74, 6) is 0.702. The number of fused-ring (bicyclic) bond motifs is 1. The predicted molar refractivity (Wildman–Crippen MR) is 170 cm³/mol. The molecule has 5 rings (SSSR count). The minimum atomic E-state index is -3.62. The molecular formula is C30H40ClN7O5S. The van der Waals surface area contributed by atoms with Crippen molar-refractivity contribution in [3.05, 3.63) is 52.3 Å². The van der Waals surface area contributed by atoms with Gasteiger partial charge in [-0.2, -0.15) is 5.10 Å². The monoisotopic (exact) mass is 645 g/mol. The lowest BCUT2D eigenvalue weighted by Gasteiger charge is -2.30.